The van der Waals surface area contributed by atoms with Crippen molar-refractivity contribution in [2.75, 3.05) is 0 Å². The van der Waals surface area contributed by atoms with Gasteiger partial charge < -0.3 is 4.74 Å². The van der Waals surface area contributed by atoms with Gasteiger partial charge in [-0.3, -0.25) is 4.79 Å². The Morgan fingerprint density at radius 1 is 0.960 bits per heavy atom. The average molecular weight is 345 g/mol. The van der Waals surface area contributed by atoms with Crippen LogP contribution in [0.2, 0.25) is 0 Å². The van der Waals surface area contributed by atoms with Crippen molar-refractivity contribution in [2.45, 2.75) is 83.5 Å². The van der Waals surface area contributed by atoms with Crippen LogP contribution in [0.15, 0.2) is 41.4 Å². The number of carbonyl (C=O) groups is 1. The standard InChI is InChI=1S/C20H31N3O2/c21-23-22-20(24)17-15-13-11-9-7-5-3-1-2-4-6-8-10-12-14-16-19-18-25-19/h10,12,14,16,18H,1-9,11,13,15,17H2. The lowest BCUT2D eigenvalue weighted by Gasteiger charge is -2.02. The van der Waals surface area contributed by atoms with Crippen LogP contribution in [0.4, 0.5) is 0 Å². The smallest absolute Gasteiger partial charge is 0.218 e. The zero-order valence-electron chi connectivity index (χ0n) is 15.2. The first-order chi connectivity index (χ1) is 12.3. The molecule has 0 aromatic rings. The van der Waals surface area contributed by atoms with E-state index in [9.17, 15) is 4.79 Å². The summed E-state index contributed by atoms with van der Waals surface area (Å²) in [5, 5.41) is 3.07. The molecule has 1 amide bonds. The van der Waals surface area contributed by atoms with Crippen LogP contribution >= 0.6 is 0 Å². The number of hydrogen-bond acceptors (Lipinski definition) is 2. The van der Waals surface area contributed by atoms with Gasteiger partial charge in [0.15, 0.2) is 5.76 Å². The van der Waals surface area contributed by atoms with E-state index in [2.05, 4.69) is 22.2 Å². The number of rotatable bonds is 16. The Hall–Kier alpha value is -2.00. The molecule has 0 aromatic heterocycles. The van der Waals surface area contributed by atoms with Gasteiger partial charge in [-0.1, -0.05) is 76.0 Å². The maximum absolute atomic E-state index is 11.0. The van der Waals surface area contributed by atoms with Crippen molar-refractivity contribution in [3.63, 3.8) is 0 Å². The fourth-order valence-electron chi connectivity index (χ4n) is 2.67. The van der Waals surface area contributed by atoms with Crippen LogP contribution in [0.25, 0.3) is 10.4 Å². The number of allylic oxidation sites excluding steroid dienone is 4. The van der Waals surface area contributed by atoms with E-state index in [1.807, 2.05) is 12.2 Å². The van der Waals surface area contributed by atoms with Crippen LogP contribution in [-0.4, -0.2) is 5.91 Å². The van der Waals surface area contributed by atoms with Gasteiger partial charge >= 0.3 is 0 Å². The lowest BCUT2D eigenvalue weighted by atomic mass is 10.0. The third kappa shape index (κ3) is 15.3. The lowest BCUT2D eigenvalue weighted by molar-refractivity contribution is -0.118. The summed E-state index contributed by atoms with van der Waals surface area (Å²) in [6, 6.07) is 0. The van der Waals surface area contributed by atoms with Crippen molar-refractivity contribution in [2.24, 2.45) is 5.11 Å². The maximum atomic E-state index is 11.0. The Morgan fingerprint density at radius 3 is 2.08 bits per heavy atom. The largest absolute Gasteiger partial charge is 0.458 e. The molecule has 5 nitrogen and oxygen atoms in total. The van der Waals surface area contributed by atoms with Crippen LogP contribution in [0, 0.1) is 0 Å². The highest BCUT2D eigenvalue weighted by Crippen LogP contribution is 2.14. The zero-order valence-corrected chi connectivity index (χ0v) is 15.2. The molecule has 5 heteroatoms. The molecule has 0 saturated heterocycles. The summed E-state index contributed by atoms with van der Waals surface area (Å²) in [4.78, 5) is 13.5. The molecular formula is C20H31N3O2. The Balaban J connectivity index is 1.72. The van der Waals surface area contributed by atoms with Crippen molar-refractivity contribution >= 4 is 5.91 Å². The zero-order chi connectivity index (χ0) is 18.0. The van der Waals surface area contributed by atoms with E-state index in [-0.39, 0.29) is 5.91 Å². The quantitative estimate of drug-likeness (QED) is 0.100. The van der Waals surface area contributed by atoms with Crippen molar-refractivity contribution in [3.8, 4) is 0 Å². The van der Waals surface area contributed by atoms with Gasteiger partial charge in [0.25, 0.3) is 0 Å². The molecule has 138 valence electrons. The molecule has 1 aliphatic rings. The third-order valence-corrected chi connectivity index (χ3v) is 4.18. The van der Waals surface area contributed by atoms with Crippen LogP contribution in [-0.2, 0) is 9.53 Å². The summed E-state index contributed by atoms with van der Waals surface area (Å²) in [6.07, 6.45) is 25.1. The Morgan fingerprint density at radius 2 is 1.52 bits per heavy atom. The molecule has 0 bridgehead atoms. The van der Waals surface area contributed by atoms with Crippen LogP contribution in [0.1, 0.15) is 83.5 Å². The highest BCUT2D eigenvalue weighted by Gasteiger charge is 2.01. The minimum Gasteiger partial charge on any atom is -0.458 e. The van der Waals surface area contributed by atoms with Crippen molar-refractivity contribution in [1.82, 2.24) is 0 Å². The third-order valence-electron chi connectivity index (χ3n) is 4.18. The Labute approximate surface area is 151 Å². The molecule has 0 unspecified atom stereocenters. The number of azide groups is 1. The minimum atomic E-state index is -0.333. The number of hydrogen-bond donors (Lipinski definition) is 0. The van der Waals surface area contributed by atoms with E-state index < -0.39 is 0 Å². The van der Waals surface area contributed by atoms with Gasteiger partial charge in [-0.25, -0.2) is 0 Å². The van der Waals surface area contributed by atoms with Gasteiger partial charge in [-0.15, -0.1) is 0 Å². The van der Waals surface area contributed by atoms with Crippen LogP contribution in [0.5, 0.6) is 0 Å². The monoisotopic (exact) mass is 345 g/mol. The summed E-state index contributed by atoms with van der Waals surface area (Å²) in [7, 11) is 0. The Kier molecular flexibility index (Phi) is 13.1. The SMILES string of the molecule is [N-]=[N+]=NC(=O)CCCCCCCCCCCCCC=CC=CC1=CO1. The molecular weight excluding hydrogens is 314 g/mol. The molecule has 25 heavy (non-hydrogen) atoms. The molecule has 0 aliphatic carbocycles. The van der Waals surface area contributed by atoms with Crippen molar-refractivity contribution in [3.05, 3.63) is 46.8 Å². The molecule has 0 atom stereocenters. The highest BCUT2D eigenvalue weighted by atomic mass is 16.5. The molecule has 0 saturated carbocycles. The van der Waals surface area contributed by atoms with Gasteiger partial charge in [0.1, 0.15) is 6.26 Å². The first-order valence-electron chi connectivity index (χ1n) is 9.61. The van der Waals surface area contributed by atoms with Gasteiger partial charge in [0, 0.05) is 11.3 Å². The van der Waals surface area contributed by atoms with Gasteiger partial charge in [-0.2, -0.15) is 0 Å². The van der Waals surface area contributed by atoms with E-state index in [4.69, 9.17) is 10.3 Å². The molecule has 1 heterocycles. The van der Waals surface area contributed by atoms with E-state index in [0.29, 0.717) is 6.42 Å². The normalized spacial score (nSPS) is 12.9. The second-order valence-electron chi connectivity index (χ2n) is 6.44. The van der Waals surface area contributed by atoms with E-state index in [0.717, 1.165) is 25.0 Å². The second kappa shape index (κ2) is 15.5. The van der Waals surface area contributed by atoms with Crippen LogP contribution < -0.4 is 0 Å². The summed E-state index contributed by atoms with van der Waals surface area (Å²) in [5.74, 6) is 0.630. The van der Waals surface area contributed by atoms with E-state index >= 15 is 0 Å². The first-order valence-corrected chi connectivity index (χ1v) is 9.61. The summed E-state index contributed by atoms with van der Waals surface area (Å²) in [5.41, 5.74) is 8.12. The van der Waals surface area contributed by atoms with Crippen LogP contribution in [0.3, 0.4) is 0 Å². The number of nitrogens with zero attached hydrogens (tertiary/aromatic N) is 3. The summed E-state index contributed by atoms with van der Waals surface area (Å²) >= 11 is 0. The molecule has 0 N–H and O–H groups in total. The second-order valence-corrected chi connectivity index (χ2v) is 6.44. The van der Waals surface area contributed by atoms with Crippen molar-refractivity contribution < 1.29 is 9.53 Å². The maximum Gasteiger partial charge on any atom is 0.218 e. The predicted octanol–water partition coefficient (Wildman–Crippen LogP) is 6.88. The molecule has 0 fully saturated rings. The highest BCUT2D eigenvalue weighted by molar-refractivity contribution is 5.76. The van der Waals surface area contributed by atoms with E-state index in [1.165, 1.54) is 57.8 Å². The summed E-state index contributed by atoms with van der Waals surface area (Å²) < 4.78 is 4.89. The Bertz CT molecular complexity index is 503. The number of ether oxygens (including phenoxy) is 1. The topological polar surface area (TPSA) is 78.4 Å². The van der Waals surface area contributed by atoms with E-state index in [1.54, 1.807) is 6.26 Å². The first kappa shape index (κ1) is 21.0. The fourth-order valence-corrected chi connectivity index (χ4v) is 2.67. The predicted molar refractivity (Wildman–Crippen MR) is 102 cm³/mol. The van der Waals surface area contributed by atoms with Gasteiger partial charge in [0.2, 0.25) is 5.91 Å². The molecule has 1 rings (SSSR count). The molecule has 0 spiro atoms. The number of unbranched alkanes of at least 4 members (excludes halogenated alkanes) is 11. The van der Waals surface area contributed by atoms with Crippen molar-refractivity contribution in [1.29, 1.82) is 0 Å². The van der Waals surface area contributed by atoms with Gasteiger partial charge in [0.05, 0.1) is 0 Å². The molecule has 0 aromatic carbocycles. The lowest BCUT2D eigenvalue weighted by Crippen LogP contribution is -1.91. The molecule has 0 radical (unpaired) electrons. The van der Waals surface area contributed by atoms with Gasteiger partial charge in [-0.05, 0) is 36.0 Å². The number of carbonyl (C=O) groups excluding carboxylic acids is 1. The molecule has 1 aliphatic heterocycles. The fraction of sp³-hybridized carbons (Fsp3) is 0.650. The number of amides is 1. The average Bonchev–Trinajstić information content (AvgIpc) is 3.42. The minimum absolute atomic E-state index is 0.333. The summed E-state index contributed by atoms with van der Waals surface area (Å²) in [6.45, 7) is 0.